The van der Waals surface area contributed by atoms with Crippen LogP contribution in [0.1, 0.15) is 55.7 Å². The van der Waals surface area contributed by atoms with Gasteiger partial charge in [0.05, 0.1) is 30.8 Å². The fraction of sp³-hybridized carbons (Fsp3) is 0.481. The van der Waals surface area contributed by atoms with Gasteiger partial charge in [-0.2, -0.15) is 0 Å². The van der Waals surface area contributed by atoms with E-state index in [2.05, 4.69) is 11.9 Å². The highest BCUT2D eigenvalue weighted by Gasteiger charge is 2.29. The molecule has 2 aromatic heterocycles. The number of thiazole rings is 1. The largest absolute Gasteiger partial charge is 0.372 e. The van der Waals surface area contributed by atoms with E-state index in [4.69, 9.17) is 14.0 Å². The van der Waals surface area contributed by atoms with Gasteiger partial charge in [-0.05, 0) is 75.8 Å². The lowest BCUT2D eigenvalue weighted by molar-refractivity contribution is 0.218. The molecule has 0 radical (unpaired) electrons. The number of hydrogen-bond donors (Lipinski definition) is 0. The highest BCUT2D eigenvalue weighted by molar-refractivity contribution is 7.53. The van der Waals surface area contributed by atoms with Gasteiger partial charge >= 0.3 is 7.60 Å². The van der Waals surface area contributed by atoms with Crippen LogP contribution in [0.2, 0.25) is 0 Å². The van der Waals surface area contributed by atoms with Gasteiger partial charge in [0.15, 0.2) is 0 Å². The number of nitrogens with zero attached hydrogens (tertiary/aromatic N) is 3. The van der Waals surface area contributed by atoms with E-state index in [9.17, 15) is 8.96 Å². The summed E-state index contributed by atoms with van der Waals surface area (Å²) in [6, 6.07) is 9.10. The molecule has 1 unspecified atom stereocenters. The molecule has 0 aliphatic heterocycles. The number of benzene rings is 1. The minimum Gasteiger partial charge on any atom is -0.372 e. The van der Waals surface area contributed by atoms with Gasteiger partial charge in [-0.15, -0.1) is 11.3 Å². The van der Waals surface area contributed by atoms with Gasteiger partial charge < -0.3 is 13.9 Å². The van der Waals surface area contributed by atoms with Gasteiger partial charge in [0.2, 0.25) is 0 Å². The highest BCUT2D eigenvalue weighted by Crippen LogP contribution is 2.52. The Bertz CT molecular complexity index is 1150. The zero-order chi connectivity index (χ0) is 26.1. The summed E-state index contributed by atoms with van der Waals surface area (Å²) in [6.45, 7) is 9.10. The molecule has 0 aliphatic carbocycles. The lowest BCUT2D eigenvalue weighted by Crippen LogP contribution is -2.21. The van der Waals surface area contributed by atoms with E-state index in [0.29, 0.717) is 25.4 Å². The summed E-state index contributed by atoms with van der Waals surface area (Å²) in [5.41, 5.74) is 3.64. The van der Waals surface area contributed by atoms with Crippen LogP contribution in [-0.2, 0) is 20.0 Å². The molecular weight excluding hydrogens is 496 g/mol. The number of aromatic nitrogens is 2. The van der Waals surface area contributed by atoms with Gasteiger partial charge in [0.1, 0.15) is 10.8 Å². The topological polar surface area (TPSA) is 64.5 Å². The van der Waals surface area contributed by atoms with Crippen molar-refractivity contribution in [3.8, 4) is 10.6 Å². The van der Waals surface area contributed by atoms with Crippen LogP contribution in [0.25, 0.3) is 10.6 Å². The molecule has 196 valence electrons. The van der Waals surface area contributed by atoms with Crippen molar-refractivity contribution in [1.82, 2.24) is 9.97 Å². The fourth-order valence-electron chi connectivity index (χ4n) is 4.23. The standard InChI is InChI=1S/C27H37FN3O3PS/c1-6-21(19-35(32,33-7-2)34-8-3)23-11-12-24(28)26(18-23)31(5)17-9-10-25-20(4)36-27(30-25)22-13-15-29-16-14-22/h11-16,18,21H,6-10,17,19H2,1-5H3. The molecular formula is C27H37FN3O3PS. The van der Waals surface area contributed by atoms with Crippen molar-refractivity contribution in [2.45, 2.75) is 52.9 Å². The Morgan fingerprint density at radius 1 is 1.11 bits per heavy atom. The third kappa shape index (κ3) is 7.45. The molecule has 0 spiro atoms. The van der Waals surface area contributed by atoms with Crippen molar-refractivity contribution >= 4 is 24.6 Å². The van der Waals surface area contributed by atoms with E-state index in [1.807, 2.05) is 50.9 Å². The molecule has 3 aromatic rings. The van der Waals surface area contributed by atoms with Crippen molar-refractivity contribution in [2.75, 3.05) is 37.9 Å². The third-order valence-corrected chi connectivity index (χ3v) is 9.42. The zero-order valence-electron chi connectivity index (χ0n) is 21.9. The number of anilines is 1. The quantitative estimate of drug-likeness (QED) is 0.200. The van der Waals surface area contributed by atoms with Crippen molar-refractivity contribution in [3.63, 3.8) is 0 Å². The Balaban J connectivity index is 1.67. The summed E-state index contributed by atoms with van der Waals surface area (Å²) in [7, 11) is -1.29. The van der Waals surface area contributed by atoms with Crippen molar-refractivity contribution in [2.24, 2.45) is 0 Å². The average molecular weight is 534 g/mol. The Labute approximate surface area is 218 Å². The average Bonchev–Trinajstić information content (AvgIpc) is 3.24. The maximum atomic E-state index is 14.8. The Morgan fingerprint density at radius 3 is 2.44 bits per heavy atom. The van der Waals surface area contributed by atoms with E-state index in [1.165, 1.54) is 10.9 Å². The van der Waals surface area contributed by atoms with E-state index in [0.717, 1.165) is 41.1 Å². The monoisotopic (exact) mass is 533 g/mol. The van der Waals surface area contributed by atoms with Crippen LogP contribution in [0.5, 0.6) is 0 Å². The van der Waals surface area contributed by atoms with Crippen LogP contribution in [0, 0.1) is 12.7 Å². The minimum atomic E-state index is -3.20. The molecule has 36 heavy (non-hydrogen) atoms. The molecule has 1 atom stereocenters. The minimum absolute atomic E-state index is 0.0500. The summed E-state index contributed by atoms with van der Waals surface area (Å²) in [6.07, 6.45) is 6.26. The fourth-order valence-corrected chi connectivity index (χ4v) is 7.28. The molecule has 2 heterocycles. The van der Waals surface area contributed by atoms with Crippen LogP contribution in [0.4, 0.5) is 10.1 Å². The molecule has 0 fully saturated rings. The van der Waals surface area contributed by atoms with Gasteiger partial charge in [0.25, 0.3) is 0 Å². The molecule has 0 amide bonds. The molecule has 3 rings (SSSR count). The lowest BCUT2D eigenvalue weighted by atomic mass is 9.97. The van der Waals surface area contributed by atoms with E-state index in [1.54, 1.807) is 29.8 Å². The van der Waals surface area contributed by atoms with Crippen LogP contribution in [-0.4, -0.2) is 42.9 Å². The van der Waals surface area contributed by atoms with Crippen molar-refractivity contribution < 1.29 is 18.0 Å². The summed E-state index contributed by atoms with van der Waals surface area (Å²) in [5, 5.41) is 0.999. The number of hydrogen-bond acceptors (Lipinski definition) is 7. The van der Waals surface area contributed by atoms with E-state index >= 15 is 0 Å². The molecule has 1 aromatic carbocycles. The first kappa shape index (κ1) is 28.5. The molecule has 9 heteroatoms. The second-order valence-corrected chi connectivity index (χ2v) is 12.0. The summed E-state index contributed by atoms with van der Waals surface area (Å²) < 4.78 is 38.9. The molecule has 0 saturated heterocycles. The second kappa shape index (κ2) is 13.4. The SMILES string of the molecule is CCOP(=O)(CC(CC)c1ccc(F)c(N(C)CCCc2nc(-c3ccncc3)sc2C)c1)OCC. The third-order valence-electron chi connectivity index (χ3n) is 6.17. The maximum Gasteiger partial charge on any atom is 0.331 e. The molecule has 6 nitrogen and oxygen atoms in total. The molecule has 0 saturated carbocycles. The predicted octanol–water partition coefficient (Wildman–Crippen LogP) is 7.48. The normalized spacial score (nSPS) is 12.6. The Kier molecular flexibility index (Phi) is 10.6. The van der Waals surface area contributed by atoms with Gasteiger partial charge in [-0.3, -0.25) is 9.55 Å². The van der Waals surface area contributed by atoms with Gasteiger partial charge in [-0.25, -0.2) is 9.37 Å². The first-order chi connectivity index (χ1) is 17.3. The molecule has 0 N–H and O–H groups in total. The Morgan fingerprint density at radius 2 is 1.81 bits per heavy atom. The van der Waals surface area contributed by atoms with E-state index < -0.39 is 7.60 Å². The van der Waals surface area contributed by atoms with Crippen LogP contribution < -0.4 is 4.90 Å². The number of pyridine rings is 1. The molecule has 0 aliphatic rings. The summed E-state index contributed by atoms with van der Waals surface area (Å²) in [4.78, 5) is 12.1. The summed E-state index contributed by atoms with van der Waals surface area (Å²) >= 11 is 1.69. The van der Waals surface area contributed by atoms with Gasteiger partial charge in [-0.1, -0.05) is 13.0 Å². The summed E-state index contributed by atoms with van der Waals surface area (Å²) in [5.74, 6) is -0.315. The predicted molar refractivity (Wildman–Crippen MR) is 147 cm³/mol. The van der Waals surface area contributed by atoms with Crippen LogP contribution in [0.3, 0.4) is 0 Å². The smallest absolute Gasteiger partial charge is 0.331 e. The van der Waals surface area contributed by atoms with Crippen molar-refractivity contribution in [1.29, 1.82) is 0 Å². The maximum absolute atomic E-state index is 14.8. The van der Waals surface area contributed by atoms with Crippen LogP contribution in [0.15, 0.2) is 42.7 Å². The first-order valence-electron chi connectivity index (χ1n) is 12.6. The number of halogens is 1. The van der Waals surface area contributed by atoms with Gasteiger partial charge in [0, 0.05) is 36.4 Å². The van der Waals surface area contributed by atoms with Crippen LogP contribution >= 0.6 is 18.9 Å². The zero-order valence-corrected chi connectivity index (χ0v) is 23.6. The highest BCUT2D eigenvalue weighted by atomic mass is 32.1. The lowest BCUT2D eigenvalue weighted by Gasteiger charge is -2.25. The van der Waals surface area contributed by atoms with Crippen molar-refractivity contribution in [3.05, 3.63) is 64.7 Å². The molecule has 0 bridgehead atoms. The number of rotatable bonds is 14. The van der Waals surface area contributed by atoms with E-state index in [-0.39, 0.29) is 17.9 Å². The first-order valence-corrected chi connectivity index (χ1v) is 15.1. The number of aryl methyl sites for hydroxylation is 2. The second-order valence-electron chi connectivity index (χ2n) is 8.73. The Hall–Kier alpha value is -2.12.